The van der Waals surface area contributed by atoms with Gasteiger partial charge < -0.3 is 0 Å². The summed E-state index contributed by atoms with van der Waals surface area (Å²) in [5.74, 6) is 0. The van der Waals surface area contributed by atoms with Crippen LogP contribution in [0.4, 0.5) is 0 Å². The van der Waals surface area contributed by atoms with Crippen molar-refractivity contribution in [2.75, 3.05) is 0 Å². The largest absolute Gasteiger partial charge is 0.154 e. The zero-order chi connectivity index (χ0) is 3.41. The minimum Gasteiger partial charge on any atom is -0.154 e. The third kappa shape index (κ3) is 1.74. The van der Waals surface area contributed by atoms with Crippen LogP contribution in [0.2, 0.25) is 0 Å². The van der Waals surface area contributed by atoms with E-state index in [0.29, 0.717) is 8.96 Å². The molecule has 0 heterocycles. The van der Waals surface area contributed by atoms with Gasteiger partial charge in [0, 0.05) is 8.96 Å². The highest BCUT2D eigenvalue weighted by Crippen LogP contribution is 1.30. The summed E-state index contributed by atoms with van der Waals surface area (Å²) >= 11 is 0. The quantitative estimate of drug-likeness (QED) is 0.361. The SMILES string of the molecule is C#[Si]C=C. The van der Waals surface area contributed by atoms with Crippen molar-refractivity contribution in [3.8, 4) is 6.00 Å². The molecule has 0 aliphatic heterocycles. The van der Waals surface area contributed by atoms with Crippen molar-refractivity contribution in [2.45, 2.75) is 0 Å². The van der Waals surface area contributed by atoms with Crippen LogP contribution in [0.3, 0.4) is 0 Å². The number of hydrogen-bond acceptors (Lipinski definition) is 0. The van der Waals surface area contributed by atoms with E-state index in [1.165, 1.54) is 0 Å². The summed E-state index contributed by atoms with van der Waals surface area (Å²) < 4.78 is 0. The number of rotatable bonds is 0. The van der Waals surface area contributed by atoms with Crippen molar-refractivity contribution in [3.05, 3.63) is 12.3 Å². The monoisotopic (exact) mass is 68.0 g/mol. The second-order valence-electron chi connectivity index (χ2n) is 0.371. The van der Waals surface area contributed by atoms with Crippen LogP contribution in [0.25, 0.3) is 0 Å². The molecule has 0 aromatic carbocycles. The van der Waals surface area contributed by atoms with Crippen LogP contribution in [0.1, 0.15) is 0 Å². The van der Waals surface area contributed by atoms with Crippen LogP contribution in [-0.4, -0.2) is 8.96 Å². The van der Waals surface area contributed by atoms with Gasteiger partial charge in [-0.1, -0.05) is 6.58 Å². The van der Waals surface area contributed by atoms with Crippen LogP contribution in [-0.2, 0) is 0 Å². The first kappa shape index (κ1) is 3.74. The van der Waals surface area contributed by atoms with E-state index in [4.69, 9.17) is 6.00 Å². The molecule has 0 aromatic rings. The van der Waals surface area contributed by atoms with Crippen molar-refractivity contribution < 1.29 is 0 Å². The Morgan fingerprint density at radius 3 is 2.25 bits per heavy atom. The van der Waals surface area contributed by atoms with Gasteiger partial charge in [-0.25, -0.2) is 0 Å². The molecule has 0 radical (unpaired) electrons. The first-order valence-corrected chi connectivity index (χ1v) is 2.14. The number of hydrogen-bond donors (Lipinski definition) is 0. The van der Waals surface area contributed by atoms with Crippen molar-refractivity contribution in [2.24, 2.45) is 0 Å². The van der Waals surface area contributed by atoms with Crippen LogP contribution >= 0.6 is 0 Å². The Labute approximate surface area is 28.2 Å². The molecule has 0 rings (SSSR count). The molecule has 20 valence electrons. The smallest absolute Gasteiger partial charge is 0.0106 e. The lowest BCUT2D eigenvalue weighted by Gasteiger charge is -1.36. The van der Waals surface area contributed by atoms with E-state index >= 15 is 0 Å². The van der Waals surface area contributed by atoms with Gasteiger partial charge in [-0.05, 0) is 5.70 Å². The summed E-state index contributed by atoms with van der Waals surface area (Å²) in [5, 5.41) is 0. The summed E-state index contributed by atoms with van der Waals surface area (Å²) in [4.78, 5) is 0. The van der Waals surface area contributed by atoms with Gasteiger partial charge in [-0.3, -0.25) is 0 Å². The van der Waals surface area contributed by atoms with E-state index in [-0.39, 0.29) is 0 Å². The molecule has 0 aromatic heterocycles. The summed E-state index contributed by atoms with van der Waals surface area (Å²) in [6.07, 6.45) is 0. The Bertz CT molecular complexity index is 48.8. The molecule has 0 aliphatic rings. The minimum absolute atomic E-state index is 0.404. The van der Waals surface area contributed by atoms with Gasteiger partial charge in [0.15, 0.2) is 0 Å². The van der Waals surface area contributed by atoms with E-state index < -0.39 is 0 Å². The molecule has 0 saturated heterocycles. The first-order chi connectivity index (χ1) is 1.91. The average molecular weight is 68.2 g/mol. The van der Waals surface area contributed by atoms with Gasteiger partial charge >= 0.3 is 0 Å². The molecule has 0 spiro atoms. The fourth-order valence-electron chi connectivity index (χ4n) is 0. The van der Waals surface area contributed by atoms with E-state index in [9.17, 15) is 0 Å². The molecule has 0 unspecified atom stereocenters. The second-order valence-corrected chi connectivity index (χ2v) is 1.11. The third-order valence-electron chi connectivity index (χ3n) is 0.118. The van der Waals surface area contributed by atoms with Gasteiger partial charge in [0.05, 0.1) is 0 Å². The van der Waals surface area contributed by atoms with Crippen molar-refractivity contribution in [1.29, 1.82) is 0 Å². The van der Waals surface area contributed by atoms with Gasteiger partial charge in [0.25, 0.3) is 0 Å². The molecule has 4 heavy (non-hydrogen) atoms. The lowest BCUT2D eigenvalue weighted by molar-refractivity contribution is 2.61. The summed E-state index contributed by atoms with van der Waals surface area (Å²) in [6.45, 7) is 3.37. The topological polar surface area (TPSA) is 0 Å². The zero-order valence-electron chi connectivity index (χ0n) is 2.36. The fourth-order valence-corrected chi connectivity index (χ4v) is 0. The third-order valence-corrected chi connectivity index (χ3v) is 0.354. The molecule has 1 heteroatoms. The maximum Gasteiger partial charge on any atom is 0.0106 e. The molecule has 0 amide bonds. The summed E-state index contributed by atoms with van der Waals surface area (Å²) in [5.41, 5.74) is 1.68. The van der Waals surface area contributed by atoms with Gasteiger partial charge in [-0.15, -0.1) is 0 Å². The molecule has 0 N–H and O–H groups in total. The summed E-state index contributed by atoms with van der Waals surface area (Å²) in [7, 11) is 0.404. The van der Waals surface area contributed by atoms with Gasteiger partial charge in [-0.2, -0.15) is 6.00 Å². The van der Waals surface area contributed by atoms with E-state index in [0.717, 1.165) is 0 Å². The molecule has 0 nitrogen and oxygen atoms in total. The maximum absolute atomic E-state index is 4.94. The molecule has 0 bridgehead atoms. The highest BCUT2D eigenvalue weighted by atomic mass is 28.2. The molecule has 0 aliphatic carbocycles. The van der Waals surface area contributed by atoms with Crippen molar-refractivity contribution in [1.82, 2.24) is 0 Å². The predicted molar refractivity (Wildman–Crippen MR) is 20.9 cm³/mol. The zero-order valence-corrected chi connectivity index (χ0v) is 3.36. The summed E-state index contributed by atoms with van der Waals surface area (Å²) in [6, 6.07) is 4.94. The van der Waals surface area contributed by atoms with Crippen LogP contribution in [0.5, 0.6) is 0 Å². The lowest BCUT2D eigenvalue weighted by Crippen LogP contribution is -1.41. The molecule has 0 saturated carbocycles. The molecular weight excluding hydrogens is 64.1 g/mol. The first-order valence-electron chi connectivity index (χ1n) is 0.986. The standard InChI is InChI=1S/C3H4Si/c1-3-4-2/h2-3H,1H2. The minimum atomic E-state index is 0.404. The second kappa shape index (κ2) is 2.74. The van der Waals surface area contributed by atoms with Crippen molar-refractivity contribution >= 4 is 8.96 Å². The van der Waals surface area contributed by atoms with Gasteiger partial charge in [0.1, 0.15) is 0 Å². The Morgan fingerprint density at radius 1 is 2.00 bits per heavy atom. The van der Waals surface area contributed by atoms with Crippen LogP contribution < -0.4 is 0 Å². The van der Waals surface area contributed by atoms with Crippen LogP contribution in [0, 0.1) is 6.00 Å². The predicted octanol–water partition coefficient (Wildman–Crippen LogP) is 0.423. The highest BCUT2D eigenvalue weighted by molar-refractivity contribution is 6.28. The Balaban J connectivity index is 2.92. The molecular formula is C3H4Si. The van der Waals surface area contributed by atoms with Crippen LogP contribution in [0.15, 0.2) is 12.3 Å². The average Bonchev–Trinajstić information content (AvgIpc) is 1.37. The normalized spacial score (nSPS) is 3.75. The molecule has 0 fully saturated rings. The van der Waals surface area contributed by atoms with E-state index in [1.54, 1.807) is 5.70 Å². The highest BCUT2D eigenvalue weighted by Gasteiger charge is 1.28. The fraction of sp³-hybridized carbons (Fsp3) is 0. The van der Waals surface area contributed by atoms with Crippen molar-refractivity contribution in [3.63, 3.8) is 0 Å². The van der Waals surface area contributed by atoms with E-state index in [2.05, 4.69) is 6.58 Å². The Hall–Kier alpha value is -0.263. The maximum atomic E-state index is 4.94. The van der Waals surface area contributed by atoms with E-state index in [1.807, 2.05) is 0 Å². The van der Waals surface area contributed by atoms with Gasteiger partial charge in [0.2, 0.25) is 0 Å². The lowest BCUT2D eigenvalue weighted by atomic mass is 11.3. The Kier molecular flexibility index (Phi) is 2.56. The Morgan fingerprint density at radius 2 is 2.25 bits per heavy atom. The molecule has 0 atom stereocenters.